The molecule has 0 aliphatic heterocycles. The molecular weight excluding hydrogens is 637 g/mol. The van der Waals surface area contributed by atoms with Gasteiger partial charge in [0.25, 0.3) is 0 Å². The summed E-state index contributed by atoms with van der Waals surface area (Å²) in [5.74, 6) is 0. The summed E-state index contributed by atoms with van der Waals surface area (Å²) < 4.78 is 0. The Morgan fingerprint density at radius 1 is 0.434 bits per heavy atom. The van der Waals surface area contributed by atoms with Crippen molar-refractivity contribution >= 4 is 59.4 Å². The number of rotatable bonds is 5. The molecule has 0 saturated heterocycles. The first kappa shape index (κ1) is 33.9. The molecule has 0 saturated carbocycles. The van der Waals surface area contributed by atoms with Gasteiger partial charge in [-0.05, 0) is 156 Å². The largest absolute Gasteiger partial charge is 0.0842 e. The Morgan fingerprint density at radius 3 is 1.51 bits per heavy atom. The standard InChI is InChI=1S/C41H32.C12H12/c1-3-5-10-28(4-2)29-15-16-31-24-32(18-17-30(31)23-29)33-19-20-35-26-37(22-21-34(35)25-33)41-27-36-11-6-7-12-38(36)39-13-8-9-14-40(39)41;1-9-7-11-5-3-4-6-12(11)8-10(9)2/h4-27H,3H2,1-2H3;3-8H,1-2H3/b10-5-,28-4+;. The summed E-state index contributed by atoms with van der Waals surface area (Å²) in [5.41, 5.74) is 10.3. The van der Waals surface area contributed by atoms with Crippen molar-refractivity contribution in [2.24, 2.45) is 0 Å². The maximum absolute atomic E-state index is 2.34. The molecule has 9 rings (SSSR count). The molecule has 0 bridgehead atoms. The fourth-order valence-electron chi connectivity index (χ4n) is 7.56. The Morgan fingerprint density at radius 2 is 0.906 bits per heavy atom. The Balaban J connectivity index is 0.000000282. The second-order valence-corrected chi connectivity index (χ2v) is 14.1. The topological polar surface area (TPSA) is 0 Å². The van der Waals surface area contributed by atoms with Crippen LogP contribution in [0, 0.1) is 13.8 Å². The van der Waals surface area contributed by atoms with Crippen LogP contribution in [-0.4, -0.2) is 0 Å². The van der Waals surface area contributed by atoms with E-state index in [4.69, 9.17) is 0 Å². The number of fused-ring (bicyclic) bond motifs is 6. The van der Waals surface area contributed by atoms with Crippen LogP contribution < -0.4 is 0 Å². The SMILES string of the molecule is C/C=C(\C=C/CC)c1ccc2cc(-c3ccc4cc(-c5cc6ccccc6c6ccccc56)ccc4c3)ccc2c1.Cc1cc2ccccc2cc1C. The van der Waals surface area contributed by atoms with Crippen molar-refractivity contribution in [2.45, 2.75) is 34.1 Å². The lowest BCUT2D eigenvalue weighted by molar-refractivity contribution is 1.22. The summed E-state index contributed by atoms with van der Waals surface area (Å²) in [5, 5.41) is 12.9. The molecule has 256 valence electrons. The molecule has 53 heavy (non-hydrogen) atoms. The van der Waals surface area contributed by atoms with Crippen LogP contribution in [0.5, 0.6) is 0 Å². The molecule has 0 N–H and O–H groups in total. The van der Waals surface area contributed by atoms with Gasteiger partial charge in [0.2, 0.25) is 0 Å². The molecule has 0 amide bonds. The lowest BCUT2D eigenvalue weighted by Crippen LogP contribution is -1.86. The van der Waals surface area contributed by atoms with E-state index in [2.05, 4.69) is 210 Å². The van der Waals surface area contributed by atoms with Gasteiger partial charge in [0.15, 0.2) is 0 Å². The molecule has 0 aliphatic carbocycles. The third-order valence-corrected chi connectivity index (χ3v) is 10.6. The molecule has 9 aromatic rings. The van der Waals surface area contributed by atoms with Crippen molar-refractivity contribution in [3.05, 3.63) is 199 Å². The number of aryl methyl sites for hydroxylation is 2. The van der Waals surface area contributed by atoms with Crippen molar-refractivity contribution in [1.82, 2.24) is 0 Å². The third kappa shape index (κ3) is 6.89. The molecule has 0 aromatic heterocycles. The average molecular weight is 681 g/mol. The minimum absolute atomic E-state index is 1.04. The Hall–Kier alpha value is -6.24. The van der Waals surface area contributed by atoms with Gasteiger partial charge < -0.3 is 0 Å². The van der Waals surface area contributed by atoms with Crippen molar-refractivity contribution in [3.8, 4) is 22.3 Å². The Labute approximate surface area is 313 Å². The molecule has 9 aromatic carbocycles. The molecule has 0 atom stereocenters. The molecule has 0 nitrogen and oxygen atoms in total. The maximum atomic E-state index is 2.34. The summed E-state index contributed by atoms with van der Waals surface area (Å²) in [6.45, 7) is 8.59. The van der Waals surface area contributed by atoms with Crippen LogP contribution in [0.15, 0.2) is 182 Å². The van der Waals surface area contributed by atoms with Crippen LogP contribution in [0.4, 0.5) is 0 Å². The Bertz CT molecular complexity index is 2800. The smallest absolute Gasteiger partial charge is 0.00988 e. The molecule has 0 spiro atoms. The first-order valence-corrected chi connectivity index (χ1v) is 18.8. The van der Waals surface area contributed by atoms with Crippen LogP contribution in [0.3, 0.4) is 0 Å². The van der Waals surface area contributed by atoms with Gasteiger partial charge in [-0.2, -0.15) is 0 Å². The predicted octanol–water partition coefficient (Wildman–Crippen LogP) is 15.5. The van der Waals surface area contributed by atoms with E-state index in [1.54, 1.807) is 0 Å². The van der Waals surface area contributed by atoms with E-state index in [9.17, 15) is 0 Å². The molecule has 0 fully saturated rings. The van der Waals surface area contributed by atoms with Crippen LogP contribution in [0.25, 0.3) is 81.7 Å². The quantitative estimate of drug-likeness (QED) is 0.125. The summed E-state index contributed by atoms with van der Waals surface area (Å²) in [7, 11) is 0. The first-order chi connectivity index (χ1) is 26.0. The minimum atomic E-state index is 1.04. The highest BCUT2D eigenvalue weighted by molar-refractivity contribution is 6.14. The monoisotopic (exact) mass is 680 g/mol. The van der Waals surface area contributed by atoms with Crippen molar-refractivity contribution in [1.29, 1.82) is 0 Å². The van der Waals surface area contributed by atoms with Crippen molar-refractivity contribution in [2.75, 3.05) is 0 Å². The number of allylic oxidation sites excluding steroid dienone is 4. The van der Waals surface area contributed by atoms with E-state index in [-0.39, 0.29) is 0 Å². The van der Waals surface area contributed by atoms with Gasteiger partial charge in [0, 0.05) is 0 Å². The van der Waals surface area contributed by atoms with E-state index in [1.165, 1.54) is 98.4 Å². The second-order valence-electron chi connectivity index (χ2n) is 14.1. The van der Waals surface area contributed by atoms with Crippen LogP contribution in [-0.2, 0) is 0 Å². The van der Waals surface area contributed by atoms with Gasteiger partial charge in [0.1, 0.15) is 0 Å². The highest BCUT2D eigenvalue weighted by Crippen LogP contribution is 2.37. The van der Waals surface area contributed by atoms with Crippen molar-refractivity contribution in [3.63, 3.8) is 0 Å². The van der Waals surface area contributed by atoms with E-state index < -0.39 is 0 Å². The number of benzene rings is 9. The van der Waals surface area contributed by atoms with Gasteiger partial charge in [-0.1, -0.05) is 159 Å². The zero-order chi connectivity index (χ0) is 36.3. The van der Waals surface area contributed by atoms with Gasteiger partial charge in [-0.15, -0.1) is 0 Å². The molecule has 0 heteroatoms. The van der Waals surface area contributed by atoms with E-state index in [0.717, 1.165) is 6.42 Å². The van der Waals surface area contributed by atoms with Crippen LogP contribution in [0.2, 0.25) is 0 Å². The lowest BCUT2D eigenvalue weighted by atomic mass is 9.91. The molecule has 0 aliphatic rings. The highest BCUT2D eigenvalue weighted by Gasteiger charge is 2.10. The van der Waals surface area contributed by atoms with Crippen molar-refractivity contribution < 1.29 is 0 Å². The average Bonchev–Trinajstić information content (AvgIpc) is 3.21. The zero-order valence-corrected chi connectivity index (χ0v) is 31.0. The molecule has 0 heterocycles. The van der Waals surface area contributed by atoms with Gasteiger partial charge >= 0.3 is 0 Å². The fraction of sp³-hybridized carbons (Fsp3) is 0.0943. The summed E-state index contributed by atoms with van der Waals surface area (Å²) in [4.78, 5) is 0. The summed E-state index contributed by atoms with van der Waals surface area (Å²) >= 11 is 0. The van der Waals surface area contributed by atoms with Crippen LogP contribution >= 0.6 is 0 Å². The Kier molecular flexibility index (Phi) is 9.45. The molecular formula is C53H44. The zero-order valence-electron chi connectivity index (χ0n) is 31.0. The predicted molar refractivity (Wildman–Crippen MR) is 234 cm³/mol. The first-order valence-electron chi connectivity index (χ1n) is 18.8. The minimum Gasteiger partial charge on any atom is -0.0842 e. The van der Waals surface area contributed by atoms with E-state index >= 15 is 0 Å². The highest BCUT2D eigenvalue weighted by atomic mass is 14.1. The number of hydrogen-bond acceptors (Lipinski definition) is 0. The van der Waals surface area contributed by atoms with Gasteiger partial charge in [-0.3, -0.25) is 0 Å². The third-order valence-electron chi connectivity index (χ3n) is 10.6. The summed E-state index contributed by atoms with van der Waals surface area (Å²) in [6.07, 6.45) is 7.67. The van der Waals surface area contributed by atoms with Gasteiger partial charge in [-0.25, -0.2) is 0 Å². The fourth-order valence-corrected chi connectivity index (χ4v) is 7.56. The molecule has 0 radical (unpaired) electrons. The lowest BCUT2D eigenvalue weighted by Gasteiger charge is -2.12. The second kappa shape index (κ2) is 14.8. The normalized spacial score (nSPS) is 11.9. The van der Waals surface area contributed by atoms with E-state index in [0.29, 0.717) is 0 Å². The number of hydrogen-bond donors (Lipinski definition) is 0. The summed E-state index contributed by atoms with van der Waals surface area (Å²) in [6, 6.07) is 60.1. The van der Waals surface area contributed by atoms with E-state index in [1.807, 2.05) is 0 Å². The maximum Gasteiger partial charge on any atom is -0.00988 e. The van der Waals surface area contributed by atoms with Gasteiger partial charge in [0.05, 0.1) is 0 Å². The molecule has 0 unspecified atom stereocenters. The van der Waals surface area contributed by atoms with Crippen LogP contribution in [0.1, 0.15) is 37.0 Å².